The van der Waals surface area contributed by atoms with Crippen LogP contribution in [0.3, 0.4) is 0 Å². The van der Waals surface area contributed by atoms with E-state index in [0.29, 0.717) is 5.56 Å². The van der Waals surface area contributed by atoms with Crippen molar-refractivity contribution in [2.45, 2.75) is 12.2 Å². The molecule has 1 atom stereocenters. The van der Waals surface area contributed by atoms with E-state index in [0.717, 1.165) is 0 Å². The summed E-state index contributed by atoms with van der Waals surface area (Å²) in [6.07, 6.45) is -1.53. The maximum absolute atomic E-state index is 11.7. The van der Waals surface area contributed by atoms with Crippen LogP contribution in [-0.2, 0) is 4.74 Å². The first kappa shape index (κ1) is 11.1. The van der Waals surface area contributed by atoms with E-state index in [4.69, 9.17) is 10.2 Å². The van der Waals surface area contributed by atoms with Crippen LogP contribution < -0.4 is 5.73 Å². The molecule has 3 nitrogen and oxygen atoms in total. The summed E-state index contributed by atoms with van der Waals surface area (Å²) in [5.74, 6) is 0. The van der Waals surface area contributed by atoms with Crippen molar-refractivity contribution in [3.05, 3.63) is 24.2 Å². The highest BCUT2D eigenvalue weighted by Crippen LogP contribution is 2.16. The SMILES string of the molecule is NC(COCC(F)(F)F)c1ccoc1. The highest BCUT2D eigenvalue weighted by molar-refractivity contribution is 5.10. The molecule has 1 heterocycles. The van der Waals surface area contributed by atoms with E-state index < -0.39 is 18.8 Å². The zero-order valence-electron chi connectivity index (χ0n) is 7.25. The van der Waals surface area contributed by atoms with E-state index in [2.05, 4.69) is 4.74 Å². The van der Waals surface area contributed by atoms with Crippen molar-refractivity contribution in [3.8, 4) is 0 Å². The van der Waals surface area contributed by atoms with Crippen LogP contribution in [-0.4, -0.2) is 19.4 Å². The van der Waals surface area contributed by atoms with E-state index in [1.807, 2.05) is 0 Å². The third kappa shape index (κ3) is 3.80. The minimum atomic E-state index is -4.31. The molecule has 0 aromatic carbocycles. The van der Waals surface area contributed by atoms with Crippen molar-refractivity contribution in [2.75, 3.05) is 13.2 Å². The van der Waals surface area contributed by atoms with Crippen LogP contribution in [0.15, 0.2) is 23.0 Å². The Labute approximate surface area is 78.6 Å². The minimum absolute atomic E-state index is 0.182. The van der Waals surface area contributed by atoms with Gasteiger partial charge < -0.3 is 14.9 Å². The van der Waals surface area contributed by atoms with Gasteiger partial charge in [0.1, 0.15) is 6.61 Å². The standard InChI is InChI=1S/C8H10F3NO2/c9-8(10,11)5-14-4-7(12)6-1-2-13-3-6/h1-3,7H,4-5,12H2. The Morgan fingerprint density at radius 2 is 2.21 bits per heavy atom. The fourth-order valence-electron chi connectivity index (χ4n) is 0.884. The highest BCUT2D eigenvalue weighted by atomic mass is 19.4. The lowest BCUT2D eigenvalue weighted by molar-refractivity contribution is -0.174. The van der Waals surface area contributed by atoms with Crippen LogP contribution >= 0.6 is 0 Å². The maximum atomic E-state index is 11.7. The zero-order valence-corrected chi connectivity index (χ0v) is 7.25. The summed E-state index contributed by atoms with van der Waals surface area (Å²) in [5, 5.41) is 0. The molecule has 14 heavy (non-hydrogen) atoms. The summed E-state index contributed by atoms with van der Waals surface area (Å²) in [5.41, 5.74) is 6.13. The van der Waals surface area contributed by atoms with Gasteiger partial charge in [0, 0.05) is 5.56 Å². The van der Waals surface area contributed by atoms with Gasteiger partial charge >= 0.3 is 6.18 Å². The molecule has 0 spiro atoms. The van der Waals surface area contributed by atoms with Crippen LogP contribution in [0.4, 0.5) is 13.2 Å². The van der Waals surface area contributed by atoms with Gasteiger partial charge in [0.2, 0.25) is 0 Å². The van der Waals surface area contributed by atoms with Crippen molar-refractivity contribution in [1.29, 1.82) is 0 Å². The smallest absolute Gasteiger partial charge is 0.411 e. The molecule has 0 saturated heterocycles. The maximum Gasteiger partial charge on any atom is 0.411 e. The second kappa shape index (κ2) is 4.47. The Kier molecular flexibility index (Phi) is 3.54. The van der Waals surface area contributed by atoms with Gasteiger partial charge in [-0.2, -0.15) is 13.2 Å². The molecule has 0 saturated carbocycles. The predicted molar refractivity (Wildman–Crippen MR) is 42.5 cm³/mol. The third-order valence-corrected chi connectivity index (χ3v) is 1.53. The Hall–Kier alpha value is -1.01. The van der Waals surface area contributed by atoms with Gasteiger partial charge in [0.15, 0.2) is 0 Å². The molecule has 2 N–H and O–H groups in total. The lowest BCUT2D eigenvalue weighted by Crippen LogP contribution is -2.22. The van der Waals surface area contributed by atoms with Crippen molar-refractivity contribution < 1.29 is 22.3 Å². The van der Waals surface area contributed by atoms with Gasteiger partial charge in [-0.25, -0.2) is 0 Å². The summed E-state index contributed by atoms with van der Waals surface area (Å²) in [7, 11) is 0. The second-order valence-electron chi connectivity index (χ2n) is 2.79. The van der Waals surface area contributed by atoms with E-state index in [-0.39, 0.29) is 6.61 Å². The fraction of sp³-hybridized carbons (Fsp3) is 0.500. The molecule has 0 fully saturated rings. The second-order valence-corrected chi connectivity index (χ2v) is 2.79. The van der Waals surface area contributed by atoms with Gasteiger partial charge in [-0.15, -0.1) is 0 Å². The molecule has 0 bridgehead atoms. The van der Waals surface area contributed by atoms with Crippen molar-refractivity contribution in [1.82, 2.24) is 0 Å². The first-order valence-electron chi connectivity index (χ1n) is 3.91. The van der Waals surface area contributed by atoms with Gasteiger partial charge in [-0.3, -0.25) is 0 Å². The summed E-state index contributed by atoms with van der Waals surface area (Å²) in [4.78, 5) is 0. The van der Waals surface area contributed by atoms with E-state index >= 15 is 0 Å². The molecule has 0 aliphatic carbocycles. The molecule has 0 aliphatic rings. The fourth-order valence-corrected chi connectivity index (χ4v) is 0.884. The largest absolute Gasteiger partial charge is 0.472 e. The van der Waals surface area contributed by atoms with Gasteiger partial charge in [-0.1, -0.05) is 0 Å². The molecule has 0 radical (unpaired) electrons. The van der Waals surface area contributed by atoms with Gasteiger partial charge in [0.05, 0.1) is 25.2 Å². The predicted octanol–water partition coefficient (Wildman–Crippen LogP) is 1.86. The summed E-state index contributed by atoms with van der Waals surface area (Å²) in [6.45, 7) is -1.46. The van der Waals surface area contributed by atoms with Crippen LogP contribution in [0.1, 0.15) is 11.6 Å². The number of rotatable bonds is 4. The third-order valence-electron chi connectivity index (χ3n) is 1.53. The molecule has 1 rings (SSSR count). The average molecular weight is 209 g/mol. The Bertz CT molecular complexity index is 258. The summed E-state index contributed by atoms with van der Waals surface area (Å²) >= 11 is 0. The number of furan rings is 1. The van der Waals surface area contributed by atoms with Crippen LogP contribution in [0.25, 0.3) is 0 Å². The number of ether oxygens (including phenoxy) is 1. The van der Waals surface area contributed by atoms with E-state index in [1.165, 1.54) is 12.5 Å². The Balaban J connectivity index is 2.26. The Morgan fingerprint density at radius 1 is 1.50 bits per heavy atom. The molecular formula is C8H10F3NO2. The summed E-state index contributed by atoms with van der Waals surface area (Å²) < 4.78 is 44.1. The van der Waals surface area contributed by atoms with Crippen molar-refractivity contribution in [3.63, 3.8) is 0 Å². The molecule has 1 aromatic heterocycles. The Morgan fingerprint density at radius 3 is 2.71 bits per heavy atom. The lowest BCUT2D eigenvalue weighted by atomic mass is 10.2. The normalized spacial score (nSPS) is 14.3. The molecule has 0 aliphatic heterocycles. The van der Waals surface area contributed by atoms with E-state index in [9.17, 15) is 13.2 Å². The quantitative estimate of drug-likeness (QED) is 0.823. The van der Waals surface area contributed by atoms with E-state index in [1.54, 1.807) is 6.07 Å². The molecule has 6 heteroatoms. The number of halogens is 3. The molecule has 1 aromatic rings. The van der Waals surface area contributed by atoms with Gasteiger partial charge in [-0.05, 0) is 6.07 Å². The number of alkyl halides is 3. The zero-order chi connectivity index (χ0) is 10.6. The first-order valence-corrected chi connectivity index (χ1v) is 3.91. The van der Waals surface area contributed by atoms with Crippen molar-refractivity contribution in [2.24, 2.45) is 5.73 Å². The lowest BCUT2D eigenvalue weighted by Gasteiger charge is -2.11. The number of hydrogen-bond acceptors (Lipinski definition) is 3. The van der Waals surface area contributed by atoms with Gasteiger partial charge in [0.25, 0.3) is 0 Å². The summed E-state index contributed by atoms with van der Waals surface area (Å²) in [6, 6.07) is 0.998. The monoisotopic (exact) mass is 209 g/mol. The number of hydrogen-bond donors (Lipinski definition) is 1. The molecule has 1 unspecified atom stereocenters. The highest BCUT2D eigenvalue weighted by Gasteiger charge is 2.27. The molecule has 0 amide bonds. The minimum Gasteiger partial charge on any atom is -0.472 e. The molecule has 80 valence electrons. The topological polar surface area (TPSA) is 48.4 Å². The van der Waals surface area contributed by atoms with Crippen LogP contribution in [0, 0.1) is 0 Å². The molecular weight excluding hydrogens is 199 g/mol. The first-order chi connectivity index (χ1) is 6.49. The van der Waals surface area contributed by atoms with Crippen molar-refractivity contribution >= 4 is 0 Å². The van der Waals surface area contributed by atoms with Crippen LogP contribution in [0.5, 0.6) is 0 Å². The van der Waals surface area contributed by atoms with Crippen LogP contribution in [0.2, 0.25) is 0 Å². The average Bonchev–Trinajstić information content (AvgIpc) is 2.53. The number of nitrogens with two attached hydrogens (primary N) is 1.